The van der Waals surface area contributed by atoms with Gasteiger partial charge in [-0.3, -0.25) is 13.8 Å². The Bertz CT molecular complexity index is 2080. The standard InChI is InChI=1S/C63H97NO12S/c1-4-6-8-10-12-14-16-18-20-22-24-26-37-45-57(71-48-54-41-33-29-34-42-54)56(64-59(66)46-38-27-25-23-21-19-17-15-13-11-9-7-5-2)50-73-63-62(72-49-55-43-35-30-36-44-55)61(76-77(67,68)69)60(74-52(3)65)58(75-63)51-70-47-53-39-31-28-32-40-53/h28-37,39-45,56-58,60-63H,4-27,38,46-51H2,1-3H3,(H,64,66)(H,67,68,69)/p-1/b45-37+/t56-,57+,58?,60?,61?,62?,63?/m0/s1. The highest BCUT2D eigenvalue weighted by molar-refractivity contribution is 7.80. The quantitative estimate of drug-likeness (QED) is 0.0187. The molecule has 0 saturated carbocycles. The van der Waals surface area contributed by atoms with E-state index in [4.69, 9.17) is 32.6 Å². The zero-order valence-electron chi connectivity index (χ0n) is 47.1. The van der Waals surface area contributed by atoms with E-state index in [1.54, 1.807) is 0 Å². The van der Waals surface area contributed by atoms with Crippen LogP contribution < -0.4 is 5.32 Å². The molecule has 1 saturated heterocycles. The summed E-state index contributed by atoms with van der Waals surface area (Å²) in [6.07, 6.45) is 26.6. The lowest BCUT2D eigenvalue weighted by Crippen LogP contribution is -2.63. The van der Waals surface area contributed by atoms with Crippen LogP contribution in [0.1, 0.15) is 204 Å². The molecule has 1 N–H and O–H groups in total. The van der Waals surface area contributed by atoms with Crippen molar-refractivity contribution >= 4 is 22.3 Å². The van der Waals surface area contributed by atoms with Gasteiger partial charge in [-0.15, -0.1) is 0 Å². The van der Waals surface area contributed by atoms with Gasteiger partial charge in [0, 0.05) is 13.3 Å². The topological polar surface area (TPSA) is 168 Å². The molecule has 0 radical (unpaired) electrons. The minimum absolute atomic E-state index is 0.0701. The minimum Gasteiger partial charge on any atom is -0.726 e. The van der Waals surface area contributed by atoms with Crippen LogP contribution >= 0.6 is 0 Å². The van der Waals surface area contributed by atoms with Gasteiger partial charge in [0.25, 0.3) is 0 Å². The van der Waals surface area contributed by atoms with Crippen LogP contribution in [0.2, 0.25) is 0 Å². The zero-order chi connectivity index (χ0) is 55.0. The number of hydrogen-bond donors (Lipinski definition) is 1. The molecule has 0 aliphatic carbocycles. The Morgan fingerprint density at radius 2 is 1.06 bits per heavy atom. The van der Waals surface area contributed by atoms with Gasteiger partial charge in [-0.2, -0.15) is 0 Å². The van der Waals surface area contributed by atoms with Crippen LogP contribution in [0, 0.1) is 0 Å². The van der Waals surface area contributed by atoms with Crippen molar-refractivity contribution in [3.05, 3.63) is 120 Å². The number of carbonyl (C=O) groups excluding carboxylic acids is 2. The molecule has 3 aromatic carbocycles. The van der Waals surface area contributed by atoms with Gasteiger partial charge in [-0.1, -0.05) is 258 Å². The Labute approximate surface area is 464 Å². The summed E-state index contributed by atoms with van der Waals surface area (Å²) in [5, 5.41) is 3.25. The zero-order valence-corrected chi connectivity index (χ0v) is 47.9. The highest BCUT2D eigenvalue weighted by Gasteiger charge is 2.51. The Balaban J connectivity index is 1.56. The fraction of sp³-hybridized carbons (Fsp3) is 0.651. The van der Waals surface area contributed by atoms with Crippen LogP contribution in [0.5, 0.6) is 0 Å². The second-order valence-electron chi connectivity index (χ2n) is 20.9. The molecule has 4 rings (SSSR count). The SMILES string of the molecule is CCCCCCCCCCCCC/C=C/[C@@H](OCc1ccccc1)[C@H](COC1OC(COCc2ccccc2)C(OC(C)=O)C(OS(=O)(=O)[O-])C1OCc1ccccc1)NC(=O)CCCCCCCCCCCCCCC. The first-order chi connectivity index (χ1) is 37.6. The van der Waals surface area contributed by atoms with Gasteiger partial charge >= 0.3 is 5.97 Å². The summed E-state index contributed by atoms with van der Waals surface area (Å²) in [6.45, 7) is 5.61. The number of benzene rings is 3. The van der Waals surface area contributed by atoms with E-state index in [2.05, 4.69) is 25.2 Å². The molecule has 7 atom stereocenters. The smallest absolute Gasteiger partial charge is 0.303 e. The fourth-order valence-electron chi connectivity index (χ4n) is 9.76. The third-order valence-electron chi connectivity index (χ3n) is 14.1. The summed E-state index contributed by atoms with van der Waals surface area (Å²) >= 11 is 0. The van der Waals surface area contributed by atoms with E-state index in [1.165, 1.54) is 122 Å². The van der Waals surface area contributed by atoms with E-state index < -0.39 is 59.2 Å². The molecule has 0 bridgehead atoms. The molecule has 1 aliphatic rings. The number of nitrogens with one attached hydrogen (secondary N) is 1. The maximum absolute atomic E-state index is 14.1. The summed E-state index contributed by atoms with van der Waals surface area (Å²) < 4.78 is 81.1. The van der Waals surface area contributed by atoms with Crippen LogP contribution in [-0.4, -0.2) is 80.9 Å². The molecule has 1 amide bonds. The average Bonchev–Trinajstić information content (AvgIpc) is 3.42. The highest BCUT2D eigenvalue weighted by Crippen LogP contribution is 2.32. The molecule has 0 spiro atoms. The van der Waals surface area contributed by atoms with E-state index >= 15 is 0 Å². The number of allylic oxidation sites excluding steroid dienone is 1. The van der Waals surface area contributed by atoms with Crippen molar-refractivity contribution in [3.8, 4) is 0 Å². The lowest BCUT2D eigenvalue weighted by atomic mass is 9.98. The number of rotatable bonds is 45. The number of unbranched alkanes of at least 4 members (excludes halogenated alkanes) is 23. The Morgan fingerprint density at radius 1 is 0.597 bits per heavy atom. The molecule has 432 valence electrons. The Hall–Kier alpha value is -3.99. The van der Waals surface area contributed by atoms with E-state index in [9.17, 15) is 22.6 Å². The van der Waals surface area contributed by atoms with Crippen LogP contribution in [0.3, 0.4) is 0 Å². The molecule has 1 fully saturated rings. The van der Waals surface area contributed by atoms with E-state index in [0.29, 0.717) is 6.42 Å². The third-order valence-corrected chi connectivity index (χ3v) is 14.5. The van der Waals surface area contributed by atoms with Gasteiger partial charge in [0.2, 0.25) is 16.3 Å². The number of esters is 1. The minimum atomic E-state index is -5.42. The number of ether oxygens (including phenoxy) is 6. The normalized spacial score (nSPS) is 18.6. The molecule has 1 aliphatic heterocycles. The lowest BCUT2D eigenvalue weighted by molar-refractivity contribution is -0.313. The predicted octanol–water partition coefficient (Wildman–Crippen LogP) is 14.1. The summed E-state index contributed by atoms with van der Waals surface area (Å²) in [6, 6.07) is 27.6. The maximum Gasteiger partial charge on any atom is 0.303 e. The van der Waals surface area contributed by atoms with E-state index in [-0.39, 0.29) is 38.9 Å². The summed E-state index contributed by atoms with van der Waals surface area (Å²) in [7, 11) is -5.42. The first-order valence-corrected chi connectivity index (χ1v) is 30.9. The monoisotopic (exact) mass is 1090 g/mol. The van der Waals surface area contributed by atoms with Gasteiger partial charge < -0.3 is 38.3 Å². The van der Waals surface area contributed by atoms with Gasteiger partial charge in [0.15, 0.2) is 12.4 Å². The van der Waals surface area contributed by atoms with Crippen molar-refractivity contribution in [2.24, 2.45) is 0 Å². The molecular weight excluding hydrogens is 995 g/mol. The van der Waals surface area contributed by atoms with Crippen LogP contribution in [0.15, 0.2) is 103 Å². The van der Waals surface area contributed by atoms with Crippen molar-refractivity contribution in [3.63, 3.8) is 0 Å². The maximum atomic E-state index is 14.1. The molecule has 0 aromatic heterocycles. The lowest BCUT2D eigenvalue weighted by Gasteiger charge is -2.45. The predicted molar refractivity (Wildman–Crippen MR) is 303 cm³/mol. The number of amides is 1. The van der Waals surface area contributed by atoms with Crippen molar-refractivity contribution in [1.29, 1.82) is 0 Å². The molecular formula is C63H96NO12S-. The number of hydrogen-bond acceptors (Lipinski definition) is 12. The molecule has 13 nitrogen and oxygen atoms in total. The number of carbonyl (C=O) groups is 2. The fourth-order valence-corrected chi connectivity index (χ4v) is 10.3. The van der Waals surface area contributed by atoms with Crippen LogP contribution in [0.4, 0.5) is 0 Å². The second kappa shape index (κ2) is 41.1. The largest absolute Gasteiger partial charge is 0.726 e. The van der Waals surface area contributed by atoms with Gasteiger partial charge in [0.05, 0.1) is 45.2 Å². The second-order valence-corrected chi connectivity index (χ2v) is 21.9. The Kier molecular flexibility index (Phi) is 35.0. The van der Waals surface area contributed by atoms with Crippen molar-refractivity contribution in [2.75, 3.05) is 13.2 Å². The first-order valence-electron chi connectivity index (χ1n) is 29.5. The first kappa shape index (κ1) is 65.5. The molecule has 3 aromatic rings. The van der Waals surface area contributed by atoms with Gasteiger partial charge in [0.1, 0.15) is 18.3 Å². The summed E-state index contributed by atoms with van der Waals surface area (Å²) in [5.74, 6) is -0.926. The summed E-state index contributed by atoms with van der Waals surface area (Å²) in [5.41, 5.74) is 2.53. The summed E-state index contributed by atoms with van der Waals surface area (Å²) in [4.78, 5) is 26.7. The Morgan fingerprint density at radius 3 is 1.56 bits per heavy atom. The van der Waals surface area contributed by atoms with E-state index in [0.717, 1.165) is 61.6 Å². The van der Waals surface area contributed by atoms with Crippen molar-refractivity contribution < 1.29 is 55.2 Å². The third kappa shape index (κ3) is 30.3. The van der Waals surface area contributed by atoms with Crippen molar-refractivity contribution in [1.82, 2.24) is 5.32 Å². The molecule has 1 heterocycles. The molecule has 14 heteroatoms. The molecule has 5 unspecified atom stereocenters. The average molecular weight is 1090 g/mol. The molecule has 77 heavy (non-hydrogen) atoms. The van der Waals surface area contributed by atoms with E-state index in [1.807, 2.05) is 97.1 Å². The van der Waals surface area contributed by atoms with Crippen LogP contribution in [-0.2, 0) is 72.4 Å². The van der Waals surface area contributed by atoms with Gasteiger partial charge in [-0.05, 0) is 36.0 Å². The van der Waals surface area contributed by atoms with Crippen molar-refractivity contribution in [2.45, 2.75) is 250 Å². The highest BCUT2D eigenvalue weighted by atomic mass is 32.3. The van der Waals surface area contributed by atoms with Crippen LogP contribution in [0.25, 0.3) is 0 Å². The van der Waals surface area contributed by atoms with Gasteiger partial charge in [-0.25, -0.2) is 8.42 Å².